The lowest BCUT2D eigenvalue weighted by Gasteiger charge is -2.47. The van der Waals surface area contributed by atoms with Crippen molar-refractivity contribution in [3.8, 4) is 0 Å². The molecule has 1 amide bonds. The number of amides is 1. The topological polar surface area (TPSA) is 52.6 Å². The third kappa shape index (κ3) is 3.90. The van der Waals surface area contributed by atoms with Crippen LogP contribution in [0.25, 0.3) is 0 Å². The molecule has 0 spiro atoms. The van der Waals surface area contributed by atoms with Gasteiger partial charge in [0.1, 0.15) is 0 Å². The Kier molecular flexibility index (Phi) is 5.29. The number of nitrogens with one attached hydrogen (secondary N) is 1. The zero-order valence-corrected chi connectivity index (χ0v) is 14.6. The van der Waals surface area contributed by atoms with Crippen LogP contribution >= 0.6 is 11.8 Å². The van der Waals surface area contributed by atoms with Crippen molar-refractivity contribution in [2.45, 2.75) is 31.1 Å². The molecule has 4 nitrogen and oxygen atoms in total. The fourth-order valence-electron chi connectivity index (χ4n) is 3.56. The third-order valence-corrected chi connectivity index (χ3v) is 6.20. The molecule has 0 saturated carbocycles. The number of hydrogen-bond acceptors (Lipinski definition) is 4. The van der Waals surface area contributed by atoms with Gasteiger partial charge in [0.15, 0.2) is 0 Å². The molecule has 0 aromatic heterocycles. The smallest absolute Gasteiger partial charge is 0.232 e. The molecule has 0 aliphatic carbocycles. The molecule has 126 valence electrons. The molecule has 1 aromatic carbocycles. The summed E-state index contributed by atoms with van der Waals surface area (Å²) in [5.41, 5.74) is 2.02. The summed E-state index contributed by atoms with van der Waals surface area (Å²) >= 11 is 1.68. The highest BCUT2D eigenvalue weighted by Crippen LogP contribution is 2.33. The van der Waals surface area contributed by atoms with E-state index >= 15 is 0 Å². The average molecular weight is 334 g/mol. The second kappa shape index (κ2) is 7.24. The molecule has 2 fully saturated rings. The van der Waals surface area contributed by atoms with E-state index in [9.17, 15) is 9.90 Å². The van der Waals surface area contributed by atoms with Crippen LogP contribution in [0.15, 0.2) is 24.3 Å². The summed E-state index contributed by atoms with van der Waals surface area (Å²) in [6, 6.07) is 8.33. The molecule has 0 bridgehead atoms. The predicted octanol–water partition coefficient (Wildman–Crippen LogP) is 1.80. The van der Waals surface area contributed by atoms with Crippen molar-refractivity contribution >= 4 is 17.7 Å². The lowest BCUT2D eigenvalue weighted by atomic mass is 9.76. The molecule has 5 heteroatoms. The lowest BCUT2D eigenvalue weighted by molar-refractivity contribution is -0.139. The summed E-state index contributed by atoms with van der Waals surface area (Å²) < 4.78 is 0. The van der Waals surface area contributed by atoms with Gasteiger partial charge < -0.3 is 15.3 Å². The van der Waals surface area contributed by atoms with Gasteiger partial charge in [-0.3, -0.25) is 4.79 Å². The van der Waals surface area contributed by atoms with Crippen LogP contribution in [0.3, 0.4) is 0 Å². The monoisotopic (exact) mass is 334 g/mol. The Labute approximate surface area is 142 Å². The SMILES string of the molecule is Cc1ccccc1CSCC(=O)N1CCC2(O)CCNCC2C1. The highest BCUT2D eigenvalue weighted by Gasteiger charge is 2.43. The van der Waals surface area contributed by atoms with E-state index in [2.05, 4.69) is 24.4 Å². The summed E-state index contributed by atoms with van der Waals surface area (Å²) in [6.45, 7) is 5.19. The van der Waals surface area contributed by atoms with Crippen LogP contribution in [0, 0.1) is 12.8 Å². The number of carbonyl (C=O) groups excluding carboxylic acids is 1. The molecule has 2 heterocycles. The molecular weight excluding hydrogens is 308 g/mol. The maximum atomic E-state index is 12.5. The fourth-order valence-corrected chi connectivity index (χ4v) is 4.57. The Morgan fingerprint density at radius 3 is 3.09 bits per heavy atom. The summed E-state index contributed by atoms with van der Waals surface area (Å²) in [5.74, 6) is 1.78. The molecule has 2 aliphatic rings. The molecule has 2 unspecified atom stereocenters. The normalized spacial score (nSPS) is 27.6. The van der Waals surface area contributed by atoms with E-state index in [1.807, 2.05) is 17.0 Å². The van der Waals surface area contributed by atoms with Crippen LogP contribution in [-0.4, -0.2) is 53.4 Å². The van der Waals surface area contributed by atoms with Gasteiger partial charge in [0, 0.05) is 31.3 Å². The van der Waals surface area contributed by atoms with Crippen LogP contribution in [0.5, 0.6) is 0 Å². The number of nitrogens with zero attached hydrogens (tertiary/aromatic N) is 1. The zero-order chi connectivity index (χ0) is 16.3. The van der Waals surface area contributed by atoms with Crippen LogP contribution in [0.4, 0.5) is 0 Å². The summed E-state index contributed by atoms with van der Waals surface area (Å²) in [6.07, 6.45) is 1.52. The van der Waals surface area contributed by atoms with E-state index in [0.29, 0.717) is 25.3 Å². The number of thioether (sulfide) groups is 1. The van der Waals surface area contributed by atoms with Gasteiger partial charge in [0.05, 0.1) is 11.4 Å². The van der Waals surface area contributed by atoms with Crippen molar-refractivity contribution < 1.29 is 9.90 Å². The largest absolute Gasteiger partial charge is 0.389 e. The number of hydrogen-bond donors (Lipinski definition) is 2. The molecule has 23 heavy (non-hydrogen) atoms. The van der Waals surface area contributed by atoms with Gasteiger partial charge in [-0.25, -0.2) is 0 Å². The number of aryl methyl sites for hydroxylation is 1. The van der Waals surface area contributed by atoms with Gasteiger partial charge in [-0.05, 0) is 37.4 Å². The first-order chi connectivity index (χ1) is 11.1. The van der Waals surface area contributed by atoms with Crippen LogP contribution < -0.4 is 5.32 Å². The van der Waals surface area contributed by atoms with E-state index in [0.717, 1.165) is 25.3 Å². The molecule has 3 rings (SSSR count). The molecular formula is C18H26N2O2S. The highest BCUT2D eigenvalue weighted by molar-refractivity contribution is 7.99. The number of rotatable bonds is 4. The number of benzene rings is 1. The third-order valence-electron chi connectivity index (χ3n) is 5.24. The fraction of sp³-hybridized carbons (Fsp3) is 0.611. The van der Waals surface area contributed by atoms with Gasteiger partial charge in [-0.1, -0.05) is 24.3 Å². The summed E-state index contributed by atoms with van der Waals surface area (Å²) in [5, 5.41) is 14.0. The first-order valence-electron chi connectivity index (χ1n) is 8.41. The number of carbonyl (C=O) groups is 1. The Balaban J connectivity index is 1.48. The van der Waals surface area contributed by atoms with Gasteiger partial charge in [0.2, 0.25) is 5.91 Å². The molecule has 1 aromatic rings. The zero-order valence-electron chi connectivity index (χ0n) is 13.8. The first-order valence-corrected chi connectivity index (χ1v) is 9.57. The van der Waals surface area contributed by atoms with E-state index in [1.54, 1.807) is 11.8 Å². The number of aliphatic hydroxyl groups is 1. The van der Waals surface area contributed by atoms with E-state index in [-0.39, 0.29) is 11.8 Å². The first kappa shape index (κ1) is 16.8. The van der Waals surface area contributed by atoms with Crippen LogP contribution in [0.1, 0.15) is 24.0 Å². The van der Waals surface area contributed by atoms with Gasteiger partial charge in [0.25, 0.3) is 0 Å². The van der Waals surface area contributed by atoms with Crippen molar-refractivity contribution in [2.24, 2.45) is 5.92 Å². The van der Waals surface area contributed by atoms with Crippen molar-refractivity contribution in [1.29, 1.82) is 0 Å². The van der Waals surface area contributed by atoms with Gasteiger partial charge in [-0.15, -0.1) is 11.8 Å². The number of fused-ring (bicyclic) bond motifs is 1. The van der Waals surface area contributed by atoms with Crippen molar-refractivity contribution in [1.82, 2.24) is 10.2 Å². The maximum Gasteiger partial charge on any atom is 0.232 e. The number of likely N-dealkylation sites (tertiary alicyclic amines) is 1. The van der Waals surface area contributed by atoms with Crippen molar-refractivity contribution in [3.05, 3.63) is 35.4 Å². The second-order valence-corrected chi connectivity index (χ2v) is 7.75. The molecule has 2 N–H and O–H groups in total. The minimum atomic E-state index is -0.559. The Morgan fingerprint density at radius 2 is 2.26 bits per heavy atom. The van der Waals surface area contributed by atoms with Gasteiger partial charge >= 0.3 is 0 Å². The van der Waals surface area contributed by atoms with E-state index in [1.165, 1.54) is 11.1 Å². The minimum Gasteiger partial charge on any atom is -0.389 e. The Bertz CT molecular complexity index is 566. The van der Waals surface area contributed by atoms with Crippen molar-refractivity contribution in [2.75, 3.05) is 31.9 Å². The van der Waals surface area contributed by atoms with E-state index < -0.39 is 5.60 Å². The second-order valence-electron chi connectivity index (χ2n) is 6.76. The lowest BCUT2D eigenvalue weighted by Crippen LogP contribution is -2.60. The quantitative estimate of drug-likeness (QED) is 0.882. The van der Waals surface area contributed by atoms with E-state index in [4.69, 9.17) is 0 Å². The molecule has 0 radical (unpaired) electrons. The number of piperidine rings is 2. The molecule has 2 aliphatic heterocycles. The van der Waals surface area contributed by atoms with Gasteiger partial charge in [-0.2, -0.15) is 0 Å². The molecule has 2 saturated heterocycles. The Hall–Kier alpha value is -1.04. The molecule has 2 atom stereocenters. The summed E-state index contributed by atoms with van der Waals surface area (Å²) in [4.78, 5) is 14.4. The predicted molar refractivity (Wildman–Crippen MR) is 94.5 cm³/mol. The average Bonchev–Trinajstić information content (AvgIpc) is 2.55. The minimum absolute atomic E-state index is 0.176. The van der Waals surface area contributed by atoms with Crippen LogP contribution in [-0.2, 0) is 10.5 Å². The van der Waals surface area contributed by atoms with Crippen LogP contribution in [0.2, 0.25) is 0 Å². The summed E-state index contributed by atoms with van der Waals surface area (Å²) in [7, 11) is 0. The van der Waals surface area contributed by atoms with Crippen molar-refractivity contribution in [3.63, 3.8) is 0 Å². The Morgan fingerprint density at radius 1 is 1.43 bits per heavy atom. The maximum absolute atomic E-state index is 12.5. The standard InChI is InChI=1S/C18H26N2O2S/c1-14-4-2-3-5-15(14)12-23-13-17(21)20-9-7-18(22)6-8-19-10-16(18)11-20/h2-5,16,19,22H,6-13H2,1H3. The highest BCUT2D eigenvalue weighted by atomic mass is 32.2.